The van der Waals surface area contributed by atoms with Crippen molar-refractivity contribution >= 4 is 12.1 Å². The Labute approximate surface area is 212 Å². The summed E-state index contributed by atoms with van der Waals surface area (Å²) in [6.45, 7) is 8.13. The van der Waals surface area contributed by atoms with E-state index in [1.807, 2.05) is 13.8 Å². The van der Waals surface area contributed by atoms with E-state index in [1.165, 1.54) is 19.6 Å². The Kier molecular flexibility index (Phi) is 12.5. The molecule has 210 valence electrons. The van der Waals surface area contributed by atoms with Crippen molar-refractivity contribution in [2.45, 2.75) is 71.4 Å². The van der Waals surface area contributed by atoms with E-state index in [2.05, 4.69) is 0 Å². The van der Waals surface area contributed by atoms with Crippen LogP contribution >= 0.6 is 0 Å². The predicted molar refractivity (Wildman–Crippen MR) is 125 cm³/mol. The number of carbonyl (C=O) groups is 2. The van der Waals surface area contributed by atoms with Gasteiger partial charge in [-0.2, -0.15) is 0 Å². The lowest BCUT2D eigenvalue weighted by Gasteiger charge is -2.31. The van der Waals surface area contributed by atoms with Crippen molar-refractivity contribution in [2.75, 3.05) is 60.0 Å². The van der Waals surface area contributed by atoms with E-state index in [4.69, 9.17) is 23.7 Å². The molecule has 3 N–H and O–H groups in total. The summed E-state index contributed by atoms with van der Waals surface area (Å²) in [6, 6.07) is -0.896. The number of aliphatic hydroxyl groups excluding tert-OH is 3. The number of hydrogen-bond donors (Lipinski definition) is 3. The molecular weight excluding hydrogens is 480 g/mol. The molecule has 6 unspecified atom stereocenters. The molecule has 0 bridgehead atoms. The quantitative estimate of drug-likeness (QED) is 0.216. The molecule has 14 heteroatoms. The van der Waals surface area contributed by atoms with Crippen molar-refractivity contribution in [2.24, 2.45) is 0 Å². The molecule has 0 spiro atoms. The summed E-state index contributed by atoms with van der Waals surface area (Å²) in [6.07, 6.45) is -3.54. The Morgan fingerprint density at radius 1 is 0.639 bits per heavy atom. The number of rotatable bonds is 18. The zero-order chi connectivity index (χ0) is 26.8. The second-order valence-electron chi connectivity index (χ2n) is 8.90. The average molecular weight is 523 g/mol. The van der Waals surface area contributed by atoms with Crippen LogP contribution in [0.15, 0.2) is 0 Å². The lowest BCUT2D eigenvalue weighted by molar-refractivity contribution is -0.0817. The van der Waals surface area contributed by atoms with Crippen molar-refractivity contribution in [3.8, 4) is 0 Å². The maximum atomic E-state index is 13.5. The third-order valence-corrected chi connectivity index (χ3v) is 5.85. The molecule has 2 rings (SSSR count). The van der Waals surface area contributed by atoms with Crippen molar-refractivity contribution in [3.05, 3.63) is 0 Å². The third-order valence-electron chi connectivity index (χ3n) is 5.85. The van der Waals surface area contributed by atoms with Gasteiger partial charge in [0.1, 0.15) is 26.9 Å². The van der Waals surface area contributed by atoms with Gasteiger partial charge in [0.25, 0.3) is 0 Å². The minimum absolute atomic E-state index is 0.124. The van der Waals surface area contributed by atoms with Crippen LogP contribution in [-0.4, -0.2) is 144 Å². The average Bonchev–Trinajstić information content (AvgIpc) is 3.30. The molecule has 36 heavy (non-hydrogen) atoms. The fraction of sp³-hybridized carbons (Fsp3) is 0.909. The van der Waals surface area contributed by atoms with Crippen LogP contribution in [0.3, 0.4) is 0 Å². The topological polar surface area (TPSA) is 154 Å². The zero-order valence-corrected chi connectivity index (χ0v) is 21.8. The van der Waals surface area contributed by atoms with Crippen LogP contribution < -0.4 is 0 Å². The van der Waals surface area contributed by atoms with E-state index in [9.17, 15) is 24.9 Å². The first-order valence-corrected chi connectivity index (χ1v) is 12.2. The number of nitrogens with zero attached hydrogens (tertiary/aromatic N) is 4. The largest absolute Gasteiger partial charge is 0.394 e. The molecule has 0 radical (unpaired) electrons. The van der Waals surface area contributed by atoms with Crippen molar-refractivity contribution in [3.63, 3.8) is 0 Å². The van der Waals surface area contributed by atoms with Gasteiger partial charge in [0.05, 0.1) is 50.8 Å². The van der Waals surface area contributed by atoms with E-state index < -0.39 is 42.7 Å². The fourth-order valence-electron chi connectivity index (χ4n) is 3.61. The Hall–Kier alpha value is -1.78. The summed E-state index contributed by atoms with van der Waals surface area (Å²) in [4.78, 5) is 32.5. The smallest absolute Gasteiger partial charge is 0.327 e. The number of carbonyl (C=O) groups excluding carboxylic acids is 2. The SMILES string of the molecule is CCOCC(C)OCN1C(=O)N(COC(C)CO)C2C1N(COC(C)CO)C(=O)N2COC(C)CO. The molecule has 6 atom stereocenters. The molecule has 0 aromatic rings. The highest BCUT2D eigenvalue weighted by atomic mass is 16.5. The molecule has 14 nitrogen and oxygen atoms in total. The lowest BCUT2D eigenvalue weighted by Crippen LogP contribution is -2.49. The number of amides is 4. The van der Waals surface area contributed by atoms with Gasteiger partial charge >= 0.3 is 12.1 Å². The van der Waals surface area contributed by atoms with Crippen LogP contribution in [0.5, 0.6) is 0 Å². The molecule has 0 aromatic heterocycles. The normalized spacial score (nSPS) is 23.4. The van der Waals surface area contributed by atoms with Gasteiger partial charge < -0.3 is 39.0 Å². The maximum absolute atomic E-state index is 13.5. The summed E-state index contributed by atoms with van der Waals surface area (Å²) >= 11 is 0. The highest BCUT2D eigenvalue weighted by molar-refractivity contribution is 5.85. The molecule has 0 aliphatic carbocycles. The Balaban J connectivity index is 2.33. The molecular formula is C22H42N4O10. The van der Waals surface area contributed by atoms with Gasteiger partial charge in [-0.3, -0.25) is 19.6 Å². The van der Waals surface area contributed by atoms with Gasteiger partial charge in [-0.1, -0.05) is 0 Å². The molecule has 0 aromatic carbocycles. The predicted octanol–water partition coefficient (Wildman–Crippen LogP) is -0.422. The second kappa shape index (κ2) is 14.8. The van der Waals surface area contributed by atoms with Crippen LogP contribution in [0.2, 0.25) is 0 Å². The molecule has 2 fully saturated rings. The van der Waals surface area contributed by atoms with Crippen LogP contribution in [0, 0.1) is 0 Å². The van der Waals surface area contributed by atoms with E-state index in [0.29, 0.717) is 13.2 Å². The van der Waals surface area contributed by atoms with Crippen LogP contribution in [-0.2, 0) is 23.7 Å². The molecule has 2 heterocycles. The summed E-state index contributed by atoms with van der Waals surface area (Å²) in [5.41, 5.74) is 0. The van der Waals surface area contributed by atoms with Gasteiger partial charge in [0, 0.05) is 6.61 Å². The van der Waals surface area contributed by atoms with Gasteiger partial charge in [-0.05, 0) is 34.6 Å². The molecule has 4 amide bonds. The molecule has 2 aliphatic heterocycles. The minimum Gasteiger partial charge on any atom is -0.394 e. The summed E-state index contributed by atoms with van der Waals surface area (Å²) < 4.78 is 28.1. The highest BCUT2D eigenvalue weighted by Gasteiger charge is 2.59. The Morgan fingerprint density at radius 2 is 0.944 bits per heavy atom. The van der Waals surface area contributed by atoms with E-state index >= 15 is 0 Å². The first kappa shape index (κ1) is 30.4. The second-order valence-corrected chi connectivity index (χ2v) is 8.90. The molecule has 2 aliphatic rings. The molecule has 2 saturated heterocycles. The van der Waals surface area contributed by atoms with Crippen molar-refractivity contribution < 1.29 is 48.6 Å². The van der Waals surface area contributed by atoms with Gasteiger partial charge in [-0.25, -0.2) is 9.59 Å². The zero-order valence-electron chi connectivity index (χ0n) is 21.8. The first-order valence-electron chi connectivity index (χ1n) is 12.2. The van der Waals surface area contributed by atoms with Gasteiger partial charge in [-0.15, -0.1) is 0 Å². The van der Waals surface area contributed by atoms with E-state index in [-0.39, 0.29) is 52.8 Å². The van der Waals surface area contributed by atoms with Crippen LogP contribution in [0.1, 0.15) is 34.6 Å². The summed E-state index contributed by atoms with van der Waals surface area (Å²) in [7, 11) is 0. The first-order chi connectivity index (χ1) is 17.2. The standard InChI is InChI=1S/C22H42N4O10/c1-6-32-10-18(5)36-14-26-20-19(24(22(26)31)12-34-16(3)8-28)23(11-33-15(2)7-27)21(30)25(20)13-35-17(4)9-29/h15-20,27-29H,6-14H2,1-5H3. The Bertz CT molecular complexity index is 677. The number of hydrogen-bond acceptors (Lipinski definition) is 10. The number of aliphatic hydroxyl groups is 3. The van der Waals surface area contributed by atoms with Gasteiger partial charge in [0.2, 0.25) is 0 Å². The summed E-state index contributed by atoms with van der Waals surface area (Å²) in [5.74, 6) is 0. The third kappa shape index (κ3) is 7.61. The van der Waals surface area contributed by atoms with Crippen LogP contribution in [0.4, 0.5) is 9.59 Å². The lowest BCUT2D eigenvalue weighted by atomic mass is 10.3. The fourth-order valence-corrected chi connectivity index (χ4v) is 3.61. The highest BCUT2D eigenvalue weighted by Crippen LogP contribution is 2.35. The van der Waals surface area contributed by atoms with E-state index in [0.717, 1.165) is 0 Å². The molecule has 0 saturated carbocycles. The minimum atomic E-state index is -0.819. The van der Waals surface area contributed by atoms with Gasteiger partial charge in [0.15, 0.2) is 12.3 Å². The van der Waals surface area contributed by atoms with Crippen molar-refractivity contribution in [1.82, 2.24) is 19.6 Å². The maximum Gasteiger partial charge on any atom is 0.327 e. The monoisotopic (exact) mass is 522 g/mol. The number of fused-ring (bicyclic) bond motifs is 1. The Morgan fingerprint density at radius 3 is 1.22 bits per heavy atom. The summed E-state index contributed by atoms with van der Waals surface area (Å²) in [5, 5.41) is 28.1. The number of ether oxygens (including phenoxy) is 5. The van der Waals surface area contributed by atoms with Crippen molar-refractivity contribution in [1.29, 1.82) is 0 Å². The van der Waals surface area contributed by atoms with E-state index in [1.54, 1.807) is 20.8 Å². The number of urea groups is 2. The van der Waals surface area contributed by atoms with Crippen LogP contribution in [0.25, 0.3) is 0 Å².